The topological polar surface area (TPSA) is 95.1 Å². The molecule has 3 rings (SSSR count). The van der Waals surface area contributed by atoms with Gasteiger partial charge in [0.2, 0.25) is 11.1 Å². The molecule has 0 aliphatic rings. The molecule has 7 nitrogen and oxygen atoms in total. The number of nitrogens with zero attached hydrogens (tertiary/aromatic N) is 3. The first-order chi connectivity index (χ1) is 13.5. The molecule has 0 saturated heterocycles. The number of rotatable bonds is 7. The third-order valence-electron chi connectivity index (χ3n) is 4.13. The van der Waals surface area contributed by atoms with Crippen molar-refractivity contribution in [1.82, 2.24) is 14.9 Å². The van der Waals surface area contributed by atoms with Crippen molar-refractivity contribution in [1.29, 1.82) is 0 Å². The summed E-state index contributed by atoms with van der Waals surface area (Å²) in [4.78, 5) is 12.5. The summed E-state index contributed by atoms with van der Waals surface area (Å²) in [6, 6.07) is 15.1. The van der Waals surface area contributed by atoms with Crippen LogP contribution in [-0.4, -0.2) is 32.6 Å². The Balaban J connectivity index is 1.67. The summed E-state index contributed by atoms with van der Waals surface area (Å²) in [6.07, 6.45) is 0. The molecule has 1 heterocycles. The van der Waals surface area contributed by atoms with Gasteiger partial charge in [0.05, 0.1) is 11.9 Å². The second-order valence-electron chi connectivity index (χ2n) is 6.20. The minimum atomic E-state index is -0.400. The van der Waals surface area contributed by atoms with Gasteiger partial charge in [0.15, 0.2) is 5.82 Å². The third-order valence-corrected chi connectivity index (χ3v) is 5.19. The summed E-state index contributed by atoms with van der Waals surface area (Å²) in [7, 11) is 0. The maximum Gasteiger partial charge on any atom is 0.237 e. The summed E-state index contributed by atoms with van der Waals surface area (Å²) in [5, 5.41) is 11.3. The Bertz CT molecular complexity index is 955. The van der Waals surface area contributed by atoms with Crippen molar-refractivity contribution in [3.8, 4) is 17.1 Å². The zero-order chi connectivity index (χ0) is 20.1. The summed E-state index contributed by atoms with van der Waals surface area (Å²) in [5.41, 5.74) is 2.67. The van der Waals surface area contributed by atoms with Crippen LogP contribution >= 0.6 is 11.8 Å². The Hall–Kier alpha value is -3.00. The van der Waals surface area contributed by atoms with E-state index in [-0.39, 0.29) is 5.91 Å². The van der Waals surface area contributed by atoms with Gasteiger partial charge in [-0.25, -0.2) is 4.68 Å². The van der Waals surface area contributed by atoms with Crippen molar-refractivity contribution in [3.63, 3.8) is 0 Å². The number of carbonyl (C=O) groups excluding carboxylic acids is 1. The quantitative estimate of drug-likeness (QED) is 0.468. The smallest absolute Gasteiger partial charge is 0.237 e. The van der Waals surface area contributed by atoms with Gasteiger partial charge in [-0.2, -0.15) is 0 Å². The van der Waals surface area contributed by atoms with E-state index in [0.29, 0.717) is 23.3 Å². The summed E-state index contributed by atoms with van der Waals surface area (Å²) in [5.74, 6) is 7.37. The highest BCUT2D eigenvalue weighted by molar-refractivity contribution is 8.00. The lowest BCUT2D eigenvalue weighted by Gasteiger charge is -2.12. The van der Waals surface area contributed by atoms with Crippen LogP contribution in [0.3, 0.4) is 0 Å². The van der Waals surface area contributed by atoms with Gasteiger partial charge >= 0.3 is 0 Å². The molecule has 28 heavy (non-hydrogen) atoms. The second-order valence-corrected chi connectivity index (χ2v) is 7.51. The lowest BCUT2D eigenvalue weighted by atomic mass is 10.1. The summed E-state index contributed by atoms with van der Waals surface area (Å²) >= 11 is 1.26. The van der Waals surface area contributed by atoms with Crippen LogP contribution in [0.25, 0.3) is 11.4 Å². The fourth-order valence-corrected chi connectivity index (χ4v) is 3.39. The van der Waals surface area contributed by atoms with Crippen LogP contribution < -0.4 is 15.9 Å². The van der Waals surface area contributed by atoms with Crippen LogP contribution in [0, 0.1) is 6.92 Å². The summed E-state index contributed by atoms with van der Waals surface area (Å²) < 4.78 is 6.83. The Kier molecular flexibility index (Phi) is 6.20. The molecule has 146 valence electrons. The number of hydrogen-bond donors (Lipinski definition) is 2. The van der Waals surface area contributed by atoms with Gasteiger partial charge in [-0.3, -0.25) is 4.79 Å². The van der Waals surface area contributed by atoms with E-state index in [0.717, 1.165) is 16.9 Å². The number of benzene rings is 2. The SMILES string of the molecule is CCOc1ccc(NC(=O)[C@@H](C)Sc2nnc(-c3ccccc3C)n2N)cc1. The van der Waals surface area contributed by atoms with E-state index >= 15 is 0 Å². The molecule has 0 aliphatic heterocycles. The Morgan fingerprint density at radius 2 is 1.93 bits per heavy atom. The van der Waals surface area contributed by atoms with E-state index in [1.165, 1.54) is 16.4 Å². The zero-order valence-corrected chi connectivity index (χ0v) is 16.9. The van der Waals surface area contributed by atoms with Crippen LogP contribution in [0.15, 0.2) is 53.7 Å². The first-order valence-electron chi connectivity index (χ1n) is 8.96. The number of anilines is 1. The van der Waals surface area contributed by atoms with Gasteiger partial charge < -0.3 is 15.9 Å². The van der Waals surface area contributed by atoms with Gasteiger partial charge in [0.1, 0.15) is 5.75 Å². The van der Waals surface area contributed by atoms with Gasteiger partial charge in [-0.1, -0.05) is 36.0 Å². The Labute approximate surface area is 168 Å². The maximum absolute atomic E-state index is 12.5. The number of nitrogens with two attached hydrogens (primary N) is 1. The zero-order valence-electron chi connectivity index (χ0n) is 16.0. The van der Waals surface area contributed by atoms with Crippen molar-refractivity contribution >= 4 is 23.4 Å². The van der Waals surface area contributed by atoms with Crippen molar-refractivity contribution in [3.05, 3.63) is 54.1 Å². The van der Waals surface area contributed by atoms with Gasteiger partial charge in [0, 0.05) is 11.3 Å². The molecule has 0 fully saturated rings. The highest BCUT2D eigenvalue weighted by atomic mass is 32.2. The molecule has 0 unspecified atom stereocenters. The second kappa shape index (κ2) is 8.79. The van der Waals surface area contributed by atoms with E-state index in [1.54, 1.807) is 6.92 Å². The molecular weight excluding hydrogens is 374 g/mol. The third kappa shape index (κ3) is 4.45. The number of carbonyl (C=O) groups is 1. The van der Waals surface area contributed by atoms with Crippen molar-refractivity contribution in [2.45, 2.75) is 31.2 Å². The molecule has 3 N–H and O–H groups in total. The average Bonchev–Trinajstić information content (AvgIpc) is 3.04. The number of ether oxygens (including phenoxy) is 1. The monoisotopic (exact) mass is 397 g/mol. The van der Waals surface area contributed by atoms with Gasteiger partial charge in [-0.05, 0) is 50.6 Å². The van der Waals surface area contributed by atoms with E-state index in [4.69, 9.17) is 10.6 Å². The molecule has 0 radical (unpaired) electrons. The minimum absolute atomic E-state index is 0.144. The van der Waals surface area contributed by atoms with Crippen LogP contribution in [0.4, 0.5) is 5.69 Å². The first kappa shape index (κ1) is 19.8. The first-order valence-corrected chi connectivity index (χ1v) is 9.84. The van der Waals surface area contributed by atoms with Crippen LogP contribution in [0.2, 0.25) is 0 Å². The molecular formula is C20H23N5O2S. The average molecular weight is 398 g/mol. The standard InChI is InChI=1S/C20H23N5O2S/c1-4-27-16-11-9-15(10-12-16)22-19(26)14(3)28-20-24-23-18(25(20)21)17-8-6-5-7-13(17)2/h5-12,14H,4,21H2,1-3H3,(H,22,26)/t14-/m1/s1. The predicted octanol–water partition coefficient (Wildman–Crippen LogP) is 3.49. The van der Waals surface area contributed by atoms with E-state index in [2.05, 4.69) is 15.5 Å². The fourth-order valence-electron chi connectivity index (χ4n) is 2.62. The van der Waals surface area contributed by atoms with Crippen molar-refractivity contribution < 1.29 is 9.53 Å². The van der Waals surface area contributed by atoms with E-state index < -0.39 is 5.25 Å². The predicted molar refractivity (Wildman–Crippen MR) is 112 cm³/mol. The molecule has 2 aromatic carbocycles. The summed E-state index contributed by atoms with van der Waals surface area (Å²) in [6.45, 7) is 6.32. The molecule has 0 spiro atoms. The molecule has 3 aromatic rings. The number of nitrogen functional groups attached to an aromatic ring is 1. The molecule has 1 amide bonds. The number of nitrogens with one attached hydrogen (secondary N) is 1. The number of hydrogen-bond acceptors (Lipinski definition) is 6. The Morgan fingerprint density at radius 3 is 2.61 bits per heavy atom. The molecule has 0 saturated carbocycles. The van der Waals surface area contributed by atoms with Crippen LogP contribution in [0.5, 0.6) is 5.75 Å². The molecule has 8 heteroatoms. The lowest BCUT2D eigenvalue weighted by Crippen LogP contribution is -2.23. The van der Waals surface area contributed by atoms with Gasteiger partial charge in [-0.15, -0.1) is 10.2 Å². The van der Waals surface area contributed by atoms with Crippen molar-refractivity contribution in [2.24, 2.45) is 0 Å². The van der Waals surface area contributed by atoms with E-state index in [9.17, 15) is 4.79 Å². The number of aromatic nitrogens is 3. The molecule has 1 aromatic heterocycles. The van der Waals surface area contributed by atoms with Crippen molar-refractivity contribution in [2.75, 3.05) is 17.8 Å². The van der Waals surface area contributed by atoms with Crippen LogP contribution in [-0.2, 0) is 4.79 Å². The van der Waals surface area contributed by atoms with Crippen LogP contribution in [0.1, 0.15) is 19.4 Å². The number of amides is 1. The normalized spacial score (nSPS) is 11.8. The largest absolute Gasteiger partial charge is 0.494 e. The molecule has 1 atom stereocenters. The number of thioether (sulfide) groups is 1. The highest BCUT2D eigenvalue weighted by Gasteiger charge is 2.20. The van der Waals surface area contributed by atoms with Gasteiger partial charge in [0.25, 0.3) is 0 Å². The molecule has 0 aliphatic carbocycles. The minimum Gasteiger partial charge on any atom is -0.494 e. The maximum atomic E-state index is 12.5. The Morgan fingerprint density at radius 1 is 1.21 bits per heavy atom. The fraction of sp³-hybridized carbons (Fsp3) is 0.250. The van der Waals surface area contributed by atoms with E-state index in [1.807, 2.05) is 62.4 Å². The molecule has 0 bridgehead atoms. The highest BCUT2D eigenvalue weighted by Crippen LogP contribution is 2.27. The lowest BCUT2D eigenvalue weighted by molar-refractivity contribution is -0.115. The number of aryl methyl sites for hydroxylation is 1.